The number of carbonyl (C=O) groups is 2. The quantitative estimate of drug-likeness (QED) is 0.713. The van der Waals surface area contributed by atoms with Gasteiger partial charge in [0, 0.05) is 16.5 Å². The second-order valence-corrected chi connectivity index (χ2v) is 6.11. The van der Waals surface area contributed by atoms with Gasteiger partial charge in [0.15, 0.2) is 5.13 Å². The summed E-state index contributed by atoms with van der Waals surface area (Å²) < 4.78 is 4.67. The highest BCUT2D eigenvalue weighted by Crippen LogP contribution is 2.25. The van der Waals surface area contributed by atoms with Crippen molar-refractivity contribution >= 4 is 28.3 Å². The summed E-state index contributed by atoms with van der Waals surface area (Å²) in [6.45, 7) is 0. The number of hydrogen-bond acceptors (Lipinski definition) is 6. The van der Waals surface area contributed by atoms with Gasteiger partial charge < -0.3 is 4.74 Å². The second-order valence-electron chi connectivity index (χ2n) is 5.25. The largest absolute Gasteiger partial charge is 0.465 e. The molecule has 0 spiro atoms. The molecule has 0 atom stereocenters. The van der Waals surface area contributed by atoms with Gasteiger partial charge in [0.05, 0.1) is 30.0 Å². The smallest absolute Gasteiger partial charge is 0.337 e. The third-order valence-corrected chi connectivity index (χ3v) is 4.34. The molecule has 0 unspecified atom stereocenters. The number of hydrogen-bond donors (Lipinski definition) is 1. The highest BCUT2D eigenvalue weighted by atomic mass is 32.1. The van der Waals surface area contributed by atoms with Gasteiger partial charge in [-0.3, -0.25) is 10.1 Å². The van der Waals surface area contributed by atoms with E-state index in [1.807, 2.05) is 11.4 Å². The van der Waals surface area contributed by atoms with E-state index in [0.717, 1.165) is 5.56 Å². The number of nitrogens with one attached hydrogen (secondary N) is 1. The standard InChI is InChI=1S/C19H13N3O3S/c1-25-18(24)14-7-5-13(6-8-14)16-11-26-19(21-16)22-17(23)15-4-2-3-12(9-15)10-20/h2-9,11H,1H3,(H,21,22,23). The van der Waals surface area contributed by atoms with Crippen LogP contribution in [0.1, 0.15) is 26.3 Å². The highest BCUT2D eigenvalue weighted by molar-refractivity contribution is 7.14. The van der Waals surface area contributed by atoms with Crippen molar-refractivity contribution in [1.82, 2.24) is 4.98 Å². The summed E-state index contributed by atoms with van der Waals surface area (Å²) >= 11 is 1.29. The van der Waals surface area contributed by atoms with Crippen molar-refractivity contribution in [3.63, 3.8) is 0 Å². The maximum atomic E-state index is 12.3. The first kappa shape index (κ1) is 17.3. The first-order chi connectivity index (χ1) is 12.6. The summed E-state index contributed by atoms with van der Waals surface area (Å²) in [5.74, 6) is -0.730. The monoisotopic (exact) mass is 363 g/mol. The molecule has 1 N–H and O–H groups in total. The summed E-state index contributed by atoms with van der Waals surface area (Å²) in [6, 6.07) is 15.3. The number of carbonyl (C=O) groups excluding carboxylic acids is 2. The fraction of sp³-hybridized carbons (Fsp3) is 0.0526. The minimum atomic E-state index is -0.401. The Balaban J connectivity index is 1.74. The van der Waals surface area contributed by atoms with Gasteiger partial charge >= 0.3 is 5.97 Å². The Bertz CT molecular complexity index is 1000. The number of benzene rings is 2. The van der Waals surface area contributed by atoms with Gasteiger partial charge in [0.2, 0.25) is 0 Å². The third-order valence-electron chi connectivity index (χ3n) is 3.58. The Morgan fingerprint density at radius 3 is 2.62 bits per heavy atom. The lowest BCUT2D eigenvalue weighted by atomic mass is 10.1. The van der Waals surface area contributed by atoms with E-state index in [0.29, 0.717) is 27.5 Å². The maximum absolute atomic E-state index is 12.3. The first-order valence-corrected chi connectivity index (χ1v) is 8.44. The average Bonchev–Trinajstić information content (AvgIpc) is 3.16. The van der Waals surface area contributed by atoms with Crippen molar-refractivity contribution < 1.29 is 14.3 Å². The van der Waals surface area contributed by atoms with Crippen LogP contribution < -0.4 is 5.32 Å². The Labute approximate surface area is 153 Å². The predicted molar refractivity (Wildman–Crippen MR) is 98.0 cm³/mol. The number of rotatable bonds is 4. The van der Waals surface area contributed by atoms with E-state index in [1.165, 1.54) is 24.5 Å². The van der Waals surface area contributed by atoms with Gasteiger partial charge in [-0.05, 0) is 30.3 Å². The van der Waals surface area contributed by atoms with Gasteiger partial charge in [-0.15, -0.1) is 11.3 Å². The highest BCUT2D eigenvalue weighted by Gasteiger charge is 2.11. The van der Waals surface area contributed by atoms with Crippen LogP contribution in [0.2, 0.25) is 0 Å². The molecule has 26 heavy (non-hydrogen) atoms. The average molecular weight is 363 g/mol. The summed E-state index contributed by atoms with van der Waals surface area (Å²) in [5.41, 5.74) is 2.78. The van der Waals surface area contributed by atoms with Crippen LogP contribution in [0.3, 0.4) is 0 Å². The Morgan fingerprint density at radius 2 is 1.92 bits per heavy atom. The van der Waals surface area contributed by atoms with Crippen molar-refractivity contribution in [2.45, 2.75) is 0 Å². The van der Waals surface area contributed by atoms with Crippen LogP contribution in [0.4, 0.5) is 5.13 Å². The number of amides is 1. The van der Waals surface area contributed by atoms with Crippen molar-refractivity contribution in [1.29, 1.82) is 5.26 Å². The molecule has 0 aliphatic rings. The van der Waals surface area contributed by atoms with E-state index in [9.17, 15) is 9.59 Å². The Kier molecular flexibility index (Phi) is 5.06. The summed E-state index contributed by atoms with van der Waals surface area (Å²) in [7, 11) is 1.33. The molecule has 6 nitrogen and oxygen atoms in total. The van der Waals surface area contributed by atoms with Gasteiger partial charge in [0.1, 0.15) is 0 Å². The number of methoxy groups -OCH3 is 1. The zero-order chi connectivity index (χ0) is 18.5. The molecular weight excluding hydrogens is 350 g/mol. The summed E-state index contributed by atoms with van der Waals surface area (Å²) in [5, 5.41) is 13.9. The molecular formula is C19H13N3O3S. The zero-order valence-corrected chi connectivity index (χ0v) is 14.5. The minimum absolute atomic E-state index is 0.330. The summed E-state index contributed by atoms with van der Waals surface area (Å²) in [6.07, 6.45) is 0. The molecule has 1 heterocycles. The zero-order valence-electron chi connectivity index (χ0n) is 13.7. The molecule has 0 aliphatic heterocycles. The second kappa shape index (κ2) is 7.59. The predicted octanol–water partition coefficient (Wildman–Crippen LogP) is 3.72. The molecule has 3 rings (SSSR count). The minimum Gasteiger partial charge on any atom is -0.465 e. The van der Waals surface area contributed by atoms with Crippen molar-refractivity contribution in [3.8, 4) is 17.3 Å². The molecule has 128 valence electrons. The number of nitrogens with zero attached hydrogens (tertiary/aromatic N) is 2. The molecule has 0 saturated carbocycles. The van der Waals surface area contributed by atoms with E-state index < -0.39 is 5.97 Å². The van der Waals surface area contributed by atoms with Crippen LogP contribution in [0, 0.1) is 11.3 Å². The van der Waals surface area contributed by atoms with Gasteiger partial charge in [-0.2, -0.15) is 5.26 Å². The number of ether oxygens (including phenoxy) is 1. The first-order valence-electron chi connectivity index (χ1n) is 7.56. The number of nitriles is 1. The lowest BCUT2D eigenvalue weighted by molar-refractivity contribution is 0.0600. The van der Waals surface area contributed by atoms with Gasteiger partial charge in [-0.1, -0.05) is 18.2 Å². The molecule has 7 heteroatoms. The molecule has 0 radical (unpaired) electrons. The van der Waals surface area contributed by atoms with E-state index in [-0.39, 0.29) is 5.91 Å². The van der Waals surface area contributed by atoms with E-state index in [1.54, 1.807) is 42.5 Å². The van der Waals surface area contributed by atoms with Crippen molar-refractivity contribution in [2.24, 2.45) is 0 Å². The van der Waals surface area contributed by atoms with Crippen LogP contribution in [0.5, 0.6) is 0 Å². The van der Waals surface area contributed by atoms with Crippen molar-refractivity contribution in [3.05, 3.63) is 70.6 Å². The topological polar surface area (TPSA) is 92.1 Å². The lowest BCUT2D eigenvalue weighted by Gasteiger charge is -2.02. The van der Waals surface area contributed by atoms with Crippen LogP contribution >= 0.6 is 11.3 Å². The molecule has 1 amide bonds. The van der Waals surface area contributed by atoms with Crippen LogP contribution in [-0.4, -0.2) is 24.0 Å². The molecule has 1 aromatic heterocycles. The number of aromatic nitrogens is 1. The van der Waals surface area contributed by atoms with Crippen LogP contribution in [0.25, 0.3) is 11.3 Å². The van der Waals surface area contributed by atoms with E-state index in [4.69, 9.17) is 5.26 Å². The van der Waals surface area contributed by atoms with Gasteiger partial charge in [0.25, 0.3) is 5.91 Å². The third kappa shape index (κ3) is 3.77. The van der Waals surface area contributed by atoms with E-state index >= 15 is 0 Å². The van der Waals surface area contributed by atoms with Gasteiger partial charge in [-0.25, -0.2) is 9.78 Å². The Hall–Kier alpha value is -3.50. The number of esters is 1. The fourth-order valence-corrected chi connectivity index (χ4v) is 2.97. The maximum Gasteiger partial charge on any atom is 0.337 e. The van der Waals surface area contributed by atoms with Crippen molar-refractivity contribution in [2.75, 3.05) is 12.4 Å². The molecule has 3 aromatic rings. The fourth-order valence-electron chi connectivity index (χ4n) is 2.26. The molecule has 0 aliphatic carbocycles. The van der Waals surface area contributed by atoms with E-state index in [2.05, 4.69) is 15.0 Å². The molecule has 2 aromatic carbocycles. The molecule has 0 bridgehead atoms. The van der Waals surface area contributed by atoms with Crippen LogP contribution in [0.15, 0.2) is 53.9 Å². The lowest BCUT2D eigenvalue weighted by Crippen LogP contribution is -2.11. The molecule has 0 fully saturated rings. The number of anilines is 1. The molecule has 0 saturated heterocycles. The van der Waals surface area contributed by atoms with Crippen LogP contribution in [-0.2, 0) is 4.74 Å². The SMILES string of the molecule is COC(=O)c1ccc(-c2csc(NC(=O)c3cccc(C#N)c3)n2)cc1. The Morgan fingerprint density at radius 1 is 1.15 bits per heavy atom. The summed E-state index contributed by atoms with van der Waals surface area (Å²) in [4.78, 5) is 28.1. The number of thiazole rings is 1. The normalized spacial score (nSPS) is 10.0.